The number of amides is 3. The van der Waals surface area contributed by atoms with Crippen LogP contribution < -0.4 is 10.6 Å². The fourth-order valence-electron chi connectivity index (χ4n) is 4.70. The third-order valence-corrected chi connectivity index (χ3v) is 6.68. The molecule has 38 heavy (non-hydrogen) atoms. The molecule has 200 valence electrons. The second-order valence-electron chi connectivity index (χ2n) is 11.3. The lowest BCUT2D eigenvalue weighted by Gasteiger charge is -2.34. The number of fused-ring (bicyclic) bond motifs is 1. The smallest absolute Gasteiger partial charge is 0.408 e. The Hall–Kier alpha value is -3.87. The maximum Gasteiger partial charge on any atom is 0.408 e. The molecule has 1 aliphatic carbocycles. The van der Waals surface area contributed by atoms with E-state index in [1.165, 1.54) is 0 Å². The highest BCUT2D eigenvalue weighted by Crippen LogP contribution is 2.41. The third kappa shape index (κ3) is 6.52. The lowest BCUT2D eigenvalue weighted by atomic mass is 10.00. The van der Waals surface area contributed by atoms with Crippen LogP contribution in [0.2, 0.25) is 0 Å². The number of carbonyl (C=O) groups excluding carboxylic acids is 3. The minimum Gasteiger partial charge on any atom is -0.444 e. The fraction of sp³-hybridized carbons (Fsp3) is 0.387. The lowest BCUT2D eigenvalue weighted by Crippen LogP contribution is -2.52. The molecular formula is C31H37N3O4. The summed E-state index contributed by atoms with van der Waals surface area (Å²) in [7, 11) is 0. The van der Waals surface area contributed by atoms with Crippen molar-refractivity contribution in [3.8, 4) is 0 Å². The minimum absolute atomic E-state index is 0.113. The van der Waals surface area contributed by atoms with E-state index in [4.69, 9.17) is 4.74 Å². The average molecular weight is 516 g/mol. The van der Waals surface area contributed by atoms with Crippen LogP contribution in [-0.2, 0) is 14.3 Å². The molecule has 2 N–H and O–H groups in total. The minimum atomic E-state index is -0.876. The van der Waals surface area contributed by atoms with Gasteiger partial charge >= 0.3 is 6.09 Å². The van der Waals surface area contributed by atoms with Crippen LogP contribution in [0.5, 0.6) is 0 Å². The number of nitrogens with zero attached hydrogens (tertiary/aromatic N) is 1. The summed E-state index contributed by atoms with van der Waals surface area (Å²) in [6.45, 7) is 10.9. The van der Waals surface area contributed by atoms with Crippen molar-refractivity contribution in [1.29, 1.82) is 0 Å². The van der Waals surface area contributed by atoms with Crippen LogP contribution in [0.3, 0.4) is 0 Å². The van der Waals surface area contributed by atoms with E-state index in [0.717, 1.165) is 28.3 Å². The van der Waals surface area contributed by atoms with Crippen LogP contribution in [0, 0.1) is 12.8 Å². The summed E-state index contributed by atoms with van der Waals surface area (Å²) < 4.78 is 5.36. The quantitative estimate of drug-likeness (QED) is 0.405. The molecule has 4 rings (SSSR count). The van der Waals surface area contributed by atoms with Gasteiger partial charge in [0.2, 0.25) is 5.91 Å². The van der Waals surface area contributed by atoms with Gasteiger partial charge in [0.1, 0.15) is 17.7 Å². The molecule has 0 aromatic heterocycles. The Morgan fingerprint density at radius 2 is 1.66 bits per heavy atom. The second kappa shape index (κ2) is 10.9. The molecule has 0 spiro atoms. The summed E-state index contributed by atoms with van der Waals surface area (Å²) in [5.74, 6) is -0.387. The van der Waals surface area contributed by atoms with Crippen molar-refractivity contribution in [3.05, 3.63) is 77.9 Å². The monoisotopic (exact) mass is 515 g/mol. The van der Waals surface area contributed by atoms with Crippen LogP contribution in [0.25, 0.3) is 10.8 Å². The summed E-state index contributed by atoms with van der Waals surface area (Å²) in [6, 6.07) is 19.5. The largest absolute Gasteiger partial charge is 0.444 e. The van der Waals surface area contributed by atoms with Gasteiger partial charge in [-0.1, -0.05) is 67.1 Å². The number of hydrogen-bond acceptors (Lipinski definition) is 4. The normalized spacial score (nSPS) is 18.3. The molecule has 1 aliphatic rings. The van der Waals surface area contributed by atoms with Crippen molar-refractivity contribution >= 4 is 34.4 Å². The molecule has 3 amide bonds. The van der Waals surface area contributed by atoms with Crippen molar-refractivity contribution < 1.29 is 19.1 Å². The highest BCUT2D eigenvalue weighted by molar-refractivity contribution is 6.00. The number of aryl methyl sites for hydroxylation is 1. The Labute approximate surface area is 224 Å². The standard InChI is InChI=1S/C31H37N3O4/c1-19-10-9-13-24(16-19)27(28(35)33-25-15-14-22-11-7-8-12-23(22)18-25)34(26-17-20(26)2)29(36)21(3)32-30(37)38-31(4,5)6/h7-16,18,20-21,26-27H,17H2,1-6H3,(H,32,37)(H,33,35). The molecule has 0 bridgehead atoms. The number of hydrogen-bond donors (Lipinski definition) is 2. The highest BCUT2D eigenvalue weighted by Gasteiger charge is 2.47. The van der Waals surface area contributed by atoms with E-state index in [0.29, 0.717) is 5.69 Å². The maximum absolute atomic E-state index is 14.0. The first-order valence-electron chi connectivity index (χ1n) is 13.1. The van der Waals surface area contributed by atoms with E-state index < -0.39 is 23.8 Å². The fourth-order valence-corrected chi connectivity index (χ4v) is 4.70. The number of rotatable bonds is 7. The maximum atomic E-state index is 14.0. The number of carbonyl (C=O) groups is 3. The molecular weight excluding hydrogens is 478 g/mol. The Morgan fingerprint density at radius 1 is 0.974 bits per heavy atom. The van der Waals surface area contributed by atoms with E-state index >= 15 is 0 Å². The van der Waals surface area contributed by atoms with Crippen molar-refractivity contribution in [2.75, 3.05) is 5.32 Å². The van der Waals surface area contributed by atoms with Gasteiger partial charge < -0.3 is 20.3 Å². The molecule has 7 nitrogen and oxygen atoms in total. The van der Waals surface area contributed by atoms with Crippen LogP contribution in [0.15, 0.2) is 66.7 Å². The highest BCUT2D eigenvalue weighted by atomic mass is 16.6. The van der Waals surface area contributed by atoms with Gasteiger partial charge in [0.25, 0.3) is 5.91 Å². The molecule has 7 heteroatoms. The van der Waals surface area contributed by atoms with Crippen LogP contribution >= 0.6 is 0 Å². The van der Waals surface area contributed by atoms with Gasteiger partial charge in [0, 0.05) is 11.7 Å². The average Bonchev–Trinajstić information content (AvgIpc) is 3.56. The SMILES string of the molecule is Cc1cccc(C(C(=O)Nc2ccc3ccccc3c2)N(C(=O)C(C)NC(=O)OC(C)(C)C)C2CC2C)c1. The van der Waals surface area contributed by atoms with Crippen LogP contribution in [0.4, 0.5) is 10.5 Å². The van der Waals surface area contributed by atoms with Crippen molar-refractivity contribution in [2.45, 2.75) is 71.7 Å². The number of alkyl carbamates (subject to hydrolysis) is 1. The van der Waals surface area contributed by atoms with Gasteiger partial charge in [-0.15, -0.1) is 0 Å². The Bertz CT molecular complexity index is 1350. The van der Waals surface area contributed by atoms with Crippen molar-refractivity contribution in [3.63, 3.8) is 0 Å². The van der Waals surface area contributed by atoms with Gasteiger partial charge in [-0.25, -0.2) is 4.79 Å². The van der Waals surface area contributed by atoms with Gasteiger partial charge in [0.05, 0.1) is 0 Å². The zero-order valence-corrected chi connectivity index (χ0v) is 22.9. The van der Waals surface area contributed by atoms with E-state index in [9.17, 15) is 14.4 Å². The lowest BCUT2D eigenvalue weighted by molar-refractivity contribution is -0.141. The number of benzene rings is 3. The van der Waals surface area contributed by atoms with Gasteiger partial charge in [-0.05, 0) is 75.4 Å². The Kier molecular flexibility index (Phi) is 7.76. The molecule has 4 atom stereocenters. The second-order valence-corrected chi connectivity index (χ2v) is 11.3. The Morgan fingerprint density at radius 3 is 2.29 bits per heavy atom. The van der Waals surface area contributed by atoms with E-state index in [-0.39, 0.29) is 23.8 Å². The predicted octanol–water partition coefficient (Wildman–Crippen LogP) is 5.98. The third-order valence-electron chi connectivity index (χ3n) is 6.68. The molecule has 3 aromatic carbocycles. The summed E-state index contributed by atoms with van der Waals surface area (Å²) in [5.41, 5.74) is 1.67. The summed E-state index contributed by atoms with van der Waals surface area (Å²) in [4.78, 5) is 41.9. The first kappa shape index (κ1) is 27.2. The predicted molar refractivity (Wildman–Crippen MR) is 150 cm³/mol. The summed E-state index contributed by atoms with van der Waals surface area (Å²) in [5, 5.41) is 7.79. The molecule has 0 aliphatic heterocycles. The number of anilines is 1. The topological polar surface area (TPSA) is 87.7 Å². The summed E-state index contributed by atoms with van der Waals surface area (Å²) >= 11 is 0. The molecule has 0 saturated heterocycles. The molecule has 1 saturated carbocycles. The van der Waals surface area contributed by atoms with Gasteiger partial charge in [-0.2, -0.15) is 0 Å². The van der Waals surface area contributed by atoms with Crippen molar-refractivity contribution in [1.82, 2.24) is 10.2 Å². The zero-order valence-electron chi connectivity index (χ0n) is 22.9. The number of ether oxygens (including phenoxy) is 1. The van der Waals surface area contributed by atoms with E-state index in [1.807, 2.05) is 73.7 Å². The van der Waals surface area contributed by atoms with Gasteiger partial charge in [0.15, 0.2) is 0 Å². The van der Waals surface area contributed by atoms with Crippen LogP contribution in [0.1, 0.15) is 58.2 Å². The first-order valence-corrected chi connectivity index (χ1v) is 13.1. The van der Waals surface area contributed by atoms with Crippen LogP contribution in [-0.4, -0.2) is 40.5 Å². The van der Waals surface area contributed by atoms with Gasteiger partial charge in [-0.3, -0.25) is 9.59 Å². The van der Waals surface area contributed by atoms with E-state index in [2.05, 4.69) is 17.6 Å². The van der Waals surface area contributed by atoms with E-state index in [1.54, 1.807) is 32.6 Å². The molecule has 3 aromatic rings. The Balaban J connectivity index is 1.66. The molecule has 4 unspecified atom stereocenters. The molecule has 0 heterocycles. The molecule has 1 fully saturated rings. The number of nitrogens with one attached hydrogen (secondary N) is 2. The summed E-state index contributed by atoms with van der Waals surface area (Å²) in [6.07, 6.45) is 0.117. The van der Waals surface area contributed by atoms with Crippen molar-refractivity contribution in [2.24, 2.45) is 5.92 Å². The molecule has 0 radical (unpaired) electrons. The zero-order chi connectivity index (χ0) is 27.6. The first-order chi connectivity index (χ1) is 17.9.